The smallest absolute Gasteiger partial charge is 0.248 e. The predicted molar refractivity (Wildman–Crippen MR) is 148 cm³/mol. The first-order valence-corrected chi connectivity index (χ1v) is 14.3. The third-order valence-electron chi connectivity index (χ3n) is 7.93. The number of ether oxygens (including phenoxy) is 1. The molecular formula is C28H32ClN3O5S. The van der Waals surface area contributed by atoms with Crippen LogP contribution >= 0.6 is 23.4 Å². The van der Waals surface area contributed by atoms with Gasteiger partial charge in [-0.1, -0.05) is 30.7 Å². The van der Waals surface area contributed by atoms with E-state index in [0.29, 0.717) is 41.6 Å². The zero-order valence-corrected chi connectivity index (χ0v) is 22.9. The molecule has 38 heavy (non-hydrogen) atoms. The number of carbonyl (C=O) groups is 3. The van der Waals surface area contributed by atoms with Crippen LogP contribution in [0.15, 0.2) is 48.5 Å². The molecule has 0 aliphatic carbocycles. The van der Waals surface area contributed by atoms with Crippen LogP contribution in [-0.2, 0) is 14.4 Å². The number of nitrogens with zero attached hydrogens (tertiary/aromatic N) is 1. The topological polar surface area (TPSA) is 108 Å². The van der Waals surface area contributed by atoms with Gasteiger partial charge in [0.2, 0.25) is 17.7 Å². The van der Waals surface area contributed by atoms with Crippen molar-refractivity contribution < 1.29 is 24.2 Å². The lowest BCUT2D eigenvalue weighted by Crippen LogP contribution is -2.54. The van der Waals surface area contributed by atoms with Gasteiger partial charge in [0, 0.05) is 10.9 Å². The van der Waals surface area contributed by atoms with Crippen molar-refractivity contribution in [3.8, 4) is 5.75 Å². The molecule has 10 heteroatoms. The maximum atomic E-state index is 14.0. The number of thioether (sulfide) groups is 1. The minimum atomic E-state index is -0.827. The minimum Gasteiger partial charge on any atom is -0.494 e. The minimum absolute atomic E-state index is 0.0707. The van der Waals surface area contributed by atoms with E-state index in [2.05, 4.69) is 10.6 Å². The van der Waals surface area contributed by atoms with E-state index in [1.807, 2.05) is 13.8 Å². The van der Waals surface area contributed by atoms with E-state index in [1.54, 1.807) is 65.2 Å². The van der Waals surface area contributed by atoms with Gasteiger partial charge in [0.1, 0.15) is 11.8 Å². The van der Waals surface area contributed by atoms with Crippen LogP contribution in [0.4, 0.5) is 11.4 Å². The highest BCUT2D eigenvalue weighted by Crippen LogP contribution is 2.66. The first kappa shape index (κ1) is 26.8. The highest BCUT2D eigenvalue weighted by atomic mass is 35.5. The standard InChI is InChI=1S/C28H32ClN3O5S/c1-3-17(15-33)32-24(26(35)31-20-8-6-5-7-19(20)29)28-14-13-21(38-28)22(23(28)27(32)36)25(34)30-16-9-11-18(12-10-16)37-4-2/h5-12,17,21-24,33H,3-4,13-15H2,1-2H3,(H,30,34)(H,31,35)/t17-,21+,22-,23-,24?,28?/m0/s1. The van der Waals surface area contributed by atoms with Gasteiger partial charge in [-0.3, -0.25) is 14.4 Å². The maximum absolute atomic E-state index is 14.0. The summed E-state index contributed by atoms with van der Waals surface area (Å²) in [5.74, 6) is -1.34. The second-order valence-corrected chi connectivity index (χ2v) is 12.0. The van der Waals surface area contributed by atoms with E-state index in [0.717, 1.165) is 6.42 Å². The maximum Gasteiger partial charge on any atom is 0.248 e. The zero-order chi connectivity index (χ0) is 27.0. The molecule has 3 N–H and O–H groups in total. The van der Waals surface area contributed by atoms with Gasteiger partial charge in [-0.2, -0.15) is 0 Å². The molecule has 6 atom stereocenters. The van der Waals surface area contributed by atoms with Crippen molar-refractivity contribution >= 4 is 52.5 Å². The van der Waals surface area contributed by atoms with Gasteiger partial charge in [-0.25, -0.2) is 0 Å². The number of aliphatic hydroxyl groups is 1. The molecule has 3 fully saturated rings. The summed E-state index contributed by atoms with van der Waals surface area (Å²) in [6.07, 6.45) is 1.86. The van der Waals surface area contributed by atoms with Gasteiger partial charge < -0.3 is 25.4 Å². The molecule has 3 aliphatic rings. The molecule has 0 aromatic heterocycles. The van der Waals surface area contributed by atoms with Crippen molar-refractivity contribution in [2.24, 2.45) is 11.8 Å². The van der Waals surface area contributed by atoms with Gasteiger partial charge >= 0.3 is 0 Å². The number of nitrogens with one attached hydrogen (secondary N) is 2. The Morgan fingerprint density at radius 2 is 1.89 bits per heavy atom. The Morgan fingerprint density at radius 3 is 2.55 bits per heavy atom. The van der Waals surface area contributed by atoms with E-state index in [-0.39, 0.29) is 29.6 Å². The number of para-hydroxylation sites is 1. The Bertz CT molecular complexity index is 1220. The third-order valence-corrected chi connectivity index (χ3v) is 10.2. The summed E-state index contributed by atoms with van der Waals surface area (Å²) in [7, 11) is 0. The van der Waals surface area contributed by atoms with Gasteiger partial charge in [0.05, 0.1) is 46.5 Å². The summed E-state index contributed by atoms with van der Waals surface area (Å²) in [6.45, 7) is 4.07. The highest BCUT2D eigenvalue weighted by Gasteiger charge is 2.74. The molecule has 2 aromatic carbocycles. The number of amides is 3. The number of hydrogen-bond acceptors (Lipinski definition) is 6. The van der Waals surface area contributed by atoms with Crippen LogP contribution in [0.3, 0.4) is 0 Å². The lowest BCUT2D eigenvalue weighted by Gasteiger charge is -2.36. The molecule has 5 rings (SSSR count). The molecule has 0 radical (unpaired) electrons. The molecule has 2 aromatic rings. The highest BCUT2D eigenvalue weighted by molar-refractivity contribution is 8.02. The van der Waals surface area contributed by atoms with E-state index < -0.39 is 28.7 Å². The fraction of sp³-hybridized carbons (Fsp3) is 0.464. The van der Waals surface area contributed by atoms with Crippen LogP contribution in [0.2, 0.25) is 5.02 Å². The van der Waals surface area contributed by atoms with Crippen molar-refractivity contribution in [1.29, 1.82) is 0 Å². The normalized spacial score (nSPS) is 28.2. The van der Waals surface area contributed by atoms with Crippen LogP contribution in [0, 0.1) is 11.8 Å². The largest absolute Gasteiger partial charge is 0.494 e. The van der Waals surface area contributed by atoms with Crippen LogP contribution in [-0.4, -0.2) is 63.0 Å². The quantitative estimate of drug-likeness (QED) is 0.427. The summed E-state index contributed by atoms with van der Waals surface area (Å²) in [5.41, 5.74) is 1.09. The average Bonchev–Trinajstić information content (AvgIpc) is 3.55. The van der Waals surface area contributed by atoms with Crippen LogP contribution in [0.25, 0.3) is 0 Å². The Labute approximate surface area is 231 Å². The van der Waals surface area contributed by atoms with E-state index in [1.165, 1.54) is 0 Å². The van der Waals surface area contributed by atoms with Crippen molar-refractivity contribution in [2.75, 3.05) is 23.8 Å². The van der Waals surface area contributed by atoms with E-state index in [9.17, 15) is 19.5 Å². The average molecular weight is 558 g/mol. The molecule has 8 nitrogen and oxygen atoms in total. The summed E-state index contributed by atoms with van der Waals surface area (Å²) < 4.78 is 4.73. The Kier molecular flexibility index (Phi) is 7.62. The number of fused-ring (bicyclic) bond motifs is 1. The second kappa shape index (κ2) is 10.8. The molecule has 1 spiro atoms. The lowest BCUT2D eigenvalue weighted by atomic mass is 9.70. The molecule has 3 saturated heterocycles. The Hall–Kier alpha value is -2.75. The number of halogens is 1. The Morgan fingerprint density at radius 1 is 1.16 bits per heavy atom. The number of anilines is 2. The Balaban J connectivity index is 1.45. The van der Waals surface area contributed by atoms with Crippen molar-refractivity contribution in [3.05, 3.63) is 53.6 Å². The molecular weight excluding hydrogens is 526 g/mol. The molecule has 3 aliphatic heterocycles. The molecule has 202 valence electrons. The van der Waals surface area contributed by atoms with Crippen molar-refractivity contribution in [3.63, 3.8) is 0 Å². The molecule has 2 bridgehead atoms. The van der Waals surface area contributed by atoms with E-state index in [4.69, 9.17) is 16.3 Å². The first-order chi connectivity index (χ1) is 18.3. The molecule has 2 unspecified atom stereocenters. The van der Waals surface area contributed by atoms with Gasteiger partial charge in [-0.15, -0.1) is 11.8 Å². The number of aliphatic hydroxyl groups excluding tert-OH is 1. The summed E-state index contributed by atoms with van der Waals surface area (Å²) in [4.78, 5) is 43.1. The van der Waals surface area contributed by atoms with Crippen LogP contribution in [0.1, 0.15) is 33.1 Å². The number of carbonyl (C=O) groups excluding carboxylic acids is 3. The number of rotatable bonds is 9. The first-order valence-electron chi connectivity index (χ1n) is 13.0. The molecule has 3 amide bonds. The van der Waals surface area contributed by atoms with Crippen molar-refractivity contribution in [1.82, 2.24) is 4.90 Å². The number of benzene rings is 2. The summed E-state index contributed by atoms with van der Waals surface area (Å²) in [5, 5.41) is 16.4. The van der Waals surface area contributed by atoms with E-state index >= 15 is 0 Å². The second-order valence-electron chi connectivity index (χ2n) is 9.96. The number of hydrogen-bond donors (Lipinski definition) is 3. The number of likely N-dealkylation sites (tertiary alicyclic amines) is 1. The van der Waals surface area contributed by atoms with Crippen LogP contribution in [0.5, 0.6) is 5.75 Å². The third kappa shape index (κ3) is 4.44. The van der Waals surface area contributed by atoms with Gasteiger partial charge in [-0.05, 0) is 62.6 Å². The zero-order valence-electron chi connectivity index (χ0n) is 21.4. The monoisotopic (exact) mass is 557 g/mol. The fourth-order valence-electron chi connectivity index (χ4n) is 6.29. The predicted octanol–water partition coefficient (Wildman–Crippen LogP) is 4.18. The SMILES string of the molecule is CCOc1ccc(NC(=O)[C@@H]2[C@H]3C(=O)N([C@@H](CC)CO)C(C(=O)Nc4ccccc4Cl)C34CC[C@H]2S4)cc1. The fourth-order valence-corrected chi connectivity index (χ4v) is 8.68. The molecule has 0 saturated carbocycles. The van der Waals surface area contributed by atoms with Gasteiger partial charge in [0.25, 0.3) is 0 Å². The summed E-state index contributed by atoms with van der Waals surface area (Å²) in [6, 6.07) is 12.7. The lowest BCUT2D eigenvalue weighted by molar-refractivity contribution is -0.141. The molecule has 3 heterocycles. The van der Waals surface area contributed by atoms with Gasteiger partial charge in [0.15, 0.2) is 0 Å². The summed E-state index contributed by atoms with van der Waals surface area (Å²) >= 11 is 7.90. The van der Waals surface area contributed by atoms with Crippen molar-refractivity contribution in [2.45, 2.75) is 55.2 Å². The van der Waals surface area contributed by atoms with Crippen LogP contribution < -0.4 is 15.4 Å².